The highest BCUT2D eigenvalue weighted by Gasteiger charge is 2.20. The number of carbonyl (C=O) groups excluding carboxylic acids is 1. The van der Waals surface area contributed by atoms with Crippen molar-refractivity contribution in [3.05, 3.63) is 53.6 Å². The fourth-order valence-electron chi connectivity index (χ4n) is 2.91. The molecule has 0 atom stereocenters. The lowest BCUT2D eigenvalue weighted by atomic mass is 10.2. The third-order valence-corrected chi connectivity index (χ3v) is 5.77. The third-order valence-electron chi connectivity index (χ3n) is 4.37. The molecule has 0 radical (unpaired) electrons. The topological polar surface area (TPSA) is 101 Å². The first kappa shape index (κ1) is 18.5. The van der Waals surface area contributed by atoms with E-state index in [1.54, 1.807) is 18.3 Å². The largest absolute Gasteiger partial charge is 0.349 e. The Morgan fingerprint density at radius 3 is 2.65 bits per heavy atom. The van der Waals surface area contributed by atoms with Gasteiger partial charge in [0, 0.05) is 17.8 Å². The minimum atomic E-state index is -3.75. The summed E-state index contributed by atoms with van der Waals surface area (Å²) in [6.07, 6.45) is 7.29. The fourth-order valence-corrected chi connectivity index (χ4v) is 3.95. The Labute approximate surface area is 153 Å². The maximum atomic E-state index is 12.5. The van der Waals surface area contributed by atoms with E-state index in [1.165, 1.54) is 18.3 Å². The third kappa shape index (κ3) is 4.64. The number of benzene rings is 1. The van der Waals surface area contributed by atoms with Gasteiger partial charge in [0.2, 0.25) is 10.0 Å². The lowest BCUT2D eigenvalue weighted by Gasteiger charge is -2.13. The number of rotatable bonds is 6. The van der Waals surface area contributed by atoms with Crippen molar-refractivity contribution < 1.29 is 13.2 Å². The second kappa shape index (κ2) is 7.92. The number of nitrogens with zero attached hydrogens (tertiary/aromatic N) is 2. The summed E-state index contributed by atoms with van der Waals surface area (Å²) in [5.41, 5.74) is 1.63. The highest BCUT2D eigenvalue weighted by Crippen LogP contribution is 2.19. The number of hydrogen-bond donors (Lipinski definition) is 2. The summed E-state index contributed by atoms with van der Waals surface area (Å²) >= 11 is 0. The van der Waals surface area contributed by atoms with Crippen LogP contribution in [-0.4, -0.2) is 30.3 Å². The molecule has 1 aromatic heterocycles. The molecule has 0 saturated heterocycles. The second-order valence-electron chi connectivity index (χ2n) is 6.46. The molecule has 1 aromatic carbocycles. The zero-order chi connectivity index (χ0) is 18.6. The maximum Gasteiger partial charge on any atom is 0.251 e. The van der Waals surface area contributed by atoms with E-state index in [4.69, 9.17) is 0 Å². The van der Waals surface area contributed by atoms with Gasteiger partial charge in [0.15, 0.2) is 0 Å². The molecule has 2 aromatic rings. The van der Waals surface area contributed by atoms with Crippen LogP contribution in [0.25, 0.3) is 0 Å². The number of hydrogen-bond acceptors (Lipinski definition) is 5. The summed E-state index contributed by atoms with van der Waals surface area (Å²) in [4.78, 5) is 20.6. The highest BCUT2D eigenvalue weighted by atomic mass is 32.2. The first-order valence-electron chi connectivity index (χ1n) is 8.62. The van der Waals surface area contributed by atoms with E-state index in [-0.39, 0.29) is 23.4 Å². The number of aromatic nitrogens is 2. The standard InChI is InChI=1S/C18H22N4O3S/c1-13-10-20-16(11-19-13)12-21-26(24,25)17-8-4-5-14(9-17)18(23)22-15-6-2-3-7-15/h4-5,8-11,15,21H,2-3,6-7,12H2,1H3,(H,22,23). The van der Waals surface area contributed by atoms with Crippen molar-refractivity contribution in [3.8, 4) is 0 Å². The maximum absolute atomic E-state index is 12.5. The van der Waals surface area contributed by atoms with Gasteiger partial charge >= 0.3 is 0 Å². The summed E-state index contributed by atoms with van der Waals surface area (Å²) in [5, 5.41) is 2.96. The molecule has 1 aliphatic carbocycles. The van der Waals surface area contributed by atoms with Crippen LogP contribution in [0.3, 0.4) is 0 Å². The molecule has 1 aliphatic rings. The van der Waals surface area contributed by atoms with Gasteiger partial charge in [-0.15, -0.1) is 0 Å². The zero-order valence-electron chi connectivity index (χ0n) is 14.6. The van der Waals surface area contributed by atoms with E-state index in [1.807, 2.05) is 6.92 Å². The minimum Gasteiger partial charge on any atom is -0.349 e. The van der Waals surface area contributed by atoms with E-state index >= 15 is 0 Å². The van der Waals surface area contributed by atoms with Crippen molar-refractivity contribution in [2.75, 3.05) is 0 Å². The van der Waals surface area contributed by atoms with Crippen molar-refractivity contribution in [1.82, 2.24) is 20.0 Å². The quantitative estimate of drug-likeness (QED) is 0.805. The number of sulfonamides is 1. The van der Waals surface area contributed by atoms with Crippen LogP contribution in [0.15, 0.2) is 41.6 Å². The highest BCUT2D eigenvalue weighted by molar-refractivity contribution is 7.89. The second-order valence-corrected chi connectivity index (χ2v) is 8.22. The predicted octanol–water partition coefficient (Wildman–Crippen LogP) is 1.94. The monoisotopic (exact) mass is 374 g/mol. The Morgan fingerprint density at radius 2 is 1.96 bits per heavy atom. The Kier molecular flexibility index (Phi) is 5.63. The molecule has 0 aliphatic heterocycles. The molecule has 1 heterocycles. The normalized spacial score (nSPS) is 15.1. The van der Waals surface area contributed by atoms with Crippen LogP contribution in [0.5, 0.6) is 0 Å². The van der Waals surface area contributed by atoms with Crippen molar-refractivity contribution in [1.29, 1.82) is 0 Å². The van der Waals surface area contributed by atoms with Crippen molar-refractivity contribution in [2.45, 2.75) is 50.1 Å². The average Bonchev–Trinajstić information content (AvgIpc) is 3.14. The lowest BCUT2D eigenvalue weighted by molar-refractivity contribution is 0.0937. The zero-order valence-corrected chi connectivity index (χ0v) is 15.4. The van der Waals surface area contributed by atoms with Gasteiger partial charge in [-0.1, -0.05) is 18.9 Å². The molecule has 26 heavy (non-hydrogen) atoms. The summed E-state index contributed by atoms with van der Waals surface area (Å²) in [6.45, 7) is 1.84. The van der Waals surface area contributed by atoms with Gasteiger partial charge in [0.25, 0.3) is 5.91 Å². The Balaban J connectivity index is 1.69. The van der Waals surface area contributed by atoms with Crippen LogP contribution in [0.1, 0.15) is 47.4 Å². The van der Waals surface area contributed by atoms with Gasteiger partial charge in [-0.05, 0) is 38.0 Å². The van der Waals surface area contributed by atoms with Crippen LogP contribution in [-0.2, 0) is 16.6 Å². The number of aryl methyl sites for hydroxylation is 1. The van der Waals surface area contributed by atoms with E-state index in [9.17, 15) is 13.2 Å². The molecule has 0 bridgehead atoms. The number of carbonyl (C=O) groups is 1. The average molecular weight is 374 g/mol. The molecule has 8 heteroatoms. The Hall–Kier alpha value is -2.32. The number of nitrogens with one attached hydrogen (secondary N) is 2. The number of amides is 1. The summed E-state index contributed by atoms with van der Waals surface area (Å²) in [5.74, 6) is -0.238. The molecule has 1 amide bonds. The summed E-state index contributed by atoms with van der Waals surface area (Å²) in [7, 11) is -3.75. The first-order chi connectivity index (χ1) is 12.4. The van der Waals surface area contributed by atoms with E-state index < -0.39 is 10.0 Å². The molecule has 7 nitrogen and oxygen atoms in total. The van der Waals surface area contributed by atoms with Gasteiger partial charge in [0.1, 0.15) is 0 Å². The van der Waals surface area contributed by atoms with Gasteiger partial charge in [0.05, 0.1) is 29.0 Å². The smallest absolute Gasteiger partial charge is 0.251 e. The summed E-state index contributed by atoms with van der Waals surface area (Å²) < 4.78 is 27.5. The first-order valence-corrected chi connectivity index (χ1v) is 10.1. The van der Waals surface area contributed by atoms with Gasteiger partial charge in [-0.25, -0.2) is 13.1 Å². The molecule has 1 fully saturated rings. The van der Waals surface area contributed by atoms with Crippen molar-refractivity contribution in [3.63, 3.8) is 0 Å². The SMILES string of the molecule is Cc1cnc(CNS(=O)(=O)c2cccc(C(=O)NC3CCCC3)c2)cn1. The van der Waals surface area contributed by atoms with Crippen LogP contribution in [0.2, 0.25) is 0 Å². The van der Waals surface area contributed by atoms with Gasteiger partial charge < -0.3 is 5.32 Å². The Morgan fingerprint density at radius 1 is 1.19 bits per heavy atom. The van der Waals surface area contributed by atoms with Crippen LogP contribution in [0.4, 0.5) is 0 Å². The fraction of sp³-hybridized carbons (Fsp3) is 0.389. The minimum absolute atomic E-state index is 0.0358. The molecular formula is C18H22N4O3S. The lowest BCUT2D eigenvalue weighted by Crippen LogP contribution is -2.32. The van der Waals surface area contributed by atoms with Gasteiger partial charge in [-0.3, -0.25) is 14.8 Å². The predicted molar refractivity (Wildman–Crippen MR) is 97.0 cm³/mol. The summed E-state index contributed by atoms with van der Waals surface area (Å²) in [6, 6.07) is 6.24. The van der Waals surface area contributed by atoms with Crippen LogP contribution in [0, 0.1) is 6.92 Å². The van der Waals surface area contributed by atoms with Crippen LogP contribution < -0.4 is 10.0 Å². The molecule has 3 rings (SSSR count). The van der Waals surface area contributed by atoms with Gasteiger partial charge in [-0.2, -0.15) is 0 Å². The molecule has 0 unspecified atom stereocenters. The molecule has 0 spiro atoms. The Bertz CT molecular complexity index is 876. The van der Waals surface area contributed by atoms with E-state index in [0.29, 0.717) is 11.3 Å². The molecular weight excluding hydrogens is 352 g/mol. The van der Waals surface area contributed by atoms with Crippen molar-refractivity contribution >= 4 is 15.9 Å². The van der Waals surface area contributed by atoms with E-state index in [2.05, 4.69) is 20.0 Å². The van der Waals surface area contributed by atoms with Crippen LogP contribution >= 0.6 is 0 Å². The molecule has 2 N–H and O–H groups in total. The van der Waals surface area contributed by atoms with E-state index in [0.717, 1.165) is 31.4 Å². The van der Waals surface area contributed by atoms with Crippen molar-refractivity contribution in [2.24, 2.45) is 0 Å². The molecule has 138 valence electrons. The molecule has 1 saturated carbocycles.